The number of benzene rings is 2. The lowest BCUT2D eigenvalue weighted by molar-refractivity contribution is -0.384. The van der Waals surface area contributed by atoms with E-state index in [2.05, 4.69) is 15.8 Å². The zero-order valence-electron chi connectivity index (χ0n) is 14.1. The second-order valence-corrected chi connectivity index (χ2v) is 5.61. The maximum absolute atomic E-state index is 11.4. The maximum atomic E-state index is 11.4. The van der Waals surface area contributed by atoms with Gasteiger partial charge < -0.3 is 10.1 Å². The Morgan fingerprint density at radius 3 is 2.56 bits per heavy atom. The van der Waals surface area contributed by atoms with Crippen LogP contribution in [0.2, 0.25) is 5.02 Å². The lowest BCUT2D eigenvalue weighted by Gasteiger charge is -2.09. The summed E-state index contributed by atoms with van der Waals surface area (Å²) in [5, 5.41) is 17.0. The molecule has 0 saturated carbocycles. The summed E-state index contributed by atoms with van der Waals surface area (Å²) in [6.07, 6.45) is 1.29. The zero-order valence-corrected chi connectivity index (χ0v) is 14.9. The van der Waals surface area contributed by atoms with Gasteiger partial charge in [-0.05, 0) is 35.9 Å². The third-order valence-electron chi connectivity index (χ3n) is 3.32. The molecule has 0 heterocycles. The van der Waals surface area contributed by atoms with Crippen LogP contribution in [-0.2, 0) is 16.2 Å². The van der Waals surface area contributed by atoms with Crippen molar-refractivity contribution in [1.82, 2.24) is 10.7 Å². The van der Waals surface area contributed by atoms with Crippen molar-refractivity contribution in [2.45, 2.75) is 6.61 Å². The summed E-state index contributed by atoms with van der Waals surface area (Å²) < 4.78 is 5.69. The number of rotatable bonds is 6. The molecule has 0 aliphatic carbocycles. The number of hydrogen-bond donors (Lipinski definition) is 2. The molecule has 9 nitrogen and oxygen atoms in total. The van der Waals surface area contributed by atoms with Gasteiger partial charge in [0.15, 0.2) is 0 Å². The van der Waals surface area contributed by atoms with Crippen molar-refractivity contribution in [3.63, 3.8) is 0 Å². The highest BCUT2D eigenvalue weighted by Gasteiger charge is 2.10. The Morgan fingerprint density at radius 2 is 1.93 bits per heavy atom. The number of halogens is 1. The number of nitro benzene ring substituents is 1. The van der Waals surface area contributed by atoms with E-state index < -0.39 is 16.7 Å². The summed E-state index contributed by atoms with van der Waals surface area (Å²) >= 11 is 5.96. The van der Waals surface area contributed by atoms with E-state index in [0.717, 1.165) is 5.56 Å². The van der Waals surface area contributed by atoms with Crippen molar-refractivity contribution in [3.05, 3.63) is 68.7 Å². The summed E-state index contributed by atoms with van der Waals surface area (Å²) in [7, 11) is 1.33. The lowest BCUT2D eigenvalue weighted by Crippen LogP contribution is -2.35. The number of hydrazone groups is 1. The maximum Gasteiger partial charge on any atom is 0.329 e. The van der Waals surface area contributed by atoms with Gasteiger partial charge in [0.05, 0.1) is 11.1 Å². The standard InChI is InChI=1S/C17H15ClN4O5/c1-19-16(23)17(24)21-20-9-12-8-13(18)4-7-15(12)27-10-11-2-5-14(6-3-11)22(25)26/h2-9H,10H2,1H3,(H,19,23)(H,21,24)/b20-9-. The minimum Gasteiger partial charge on any atom is -0.488 e. The first-order chi connectivity index (χ1) is 12.9. The molecular formula is C17H15ClN4O5. The second-order valence-electron chi connectivity index (χ2n) is 5.17. The smallest absolute Gasteiger partial charge is 0.329 e. The van der Waals surface area contributed by atoms with E-state index in [9.17, 15) is 19.7 Å². The quantitative estimate of drug-likeness (QED) is 0.338. The van der Waals surface area contributed by atoms with E-state index in [1.165, 1.54) is 25.4 Å². The molecular weight excluding hydrogens is 376 g/mol. The molecule has 0 spiro atoms. The van der Waals surface area contributed by atoms with Crippen LogP contribution in [0.3, 0.4) is 0 Å². The van der Waals surface area contributed by atoms with E-state index in [1.807, 2.05) is 0 Å². The van der Waals surface area contributed by atoms with E-state index in [4.69, 9.17) is 16.3 Å². The van der Waals surface area contributed by atoms with Crippen LogP contribution in [0, 0.1) is 10.1 Å². The van der Waals surface area contributed by atoms with Gasteiger partial charge in [-0.25, -0.2) is 5.43 Å². The van der Waals surface area contributed by atoms with E-state index in [0.29, 0.717) is 16.3 Å². The van der Waals surface area contributed by atoms with Crippen LogP contribution in [-0.4, -0.2) is 30.0 Å². The van der Waals surface area contributed by atoms with Crippen LogP contribution in [0.4, 0.5) is 5.69 Å². The Kier molecular flexibility index (Phi) is 6.84. The molecule has 10 heteroatoms. The van der Waals surface area contributed by atoms with Gasteiger partial charge in [-0.2, -0.15) is 5.10 Å². The minimum atomic E-state index is -0.913. The number of nitro groups is 1. The van der Waals surface area contributed by atoms with Gasteiger partial charge in [-0.1, -0.05) is 11.6 Å². The number of ether oxygens (including phenoxy) is 1. The predicted molar refractivity (Wildman–Crippen MR) is 98.7 cm³/mol. The highest BCUT2D eigenvalue weighted by Crippen LogP contribution is 2.23. The zero-order chi connectivity index (χ0) is 19.8. The van der Waals surface area contributed by atoms with Crippen molar-refractivity contribution in [3.8, 4) is 5.75 Å². The molecule has 0 aliphatic rings. The number of amides is 2. The number of carbonyl (C=O) groups is 2. The normalized spacial score (nSPS) is 10.4. The highest BCUT2D eigenvalue weighted by atomic mass is 35.5. The van der Waals surface area contributed by atoms with Crippen LogP contribution in [0.5, 0.6) is 5.75 Å². The van der Waals surface area contributed by atoms with Crippen LogP contribution in [0.1, 0.15) is 11.1 Å². The average molecular weight is 391 g/mol. The first-order valence-corrected chi connectivity index (χ1v) is 7.99. The van der Waals surface area contributed by atoms with Gasteiger partial charge in [0.25, 0.3) is 5.69 Å². The number of likely N-dealkylation sites (N-methyl/N-ethyl adjacent to an activating group) is 1. The summed E-state index contributed by atoms with van der Waals surface area (Å²) in [5.41, 5.74) is 3.27. The van der Waals surface area contributed by atoms with Gasteiger partial charge in [-0.15, -0.1) is 0 Å². The van der Waals surface area contributed by atoms with Gasteiger partial charge in [-0.3, -0.25) is 19.7 Å². The van der Waals surface area contributed by atoms with E-state index >= 15 is 0 Å². The fourth-order valence-electron chi connectivity index (χ4n) is 1.95. The van der Waals surface area contributed by atoms with Gasteiger partial charge in [0, 0.05) is 29.8 Å². The van der Waals surface area contributed by atoms with Crippen molar-refractivity contribution < 1.29 is 19.2 Å². The van der Waals surface area contributed by atoms with Crippen molar-refractivity contribution in [2.75, 3.05) is 7.05 Å². The van der Waals surface area contributed by atoms with Crippen molar-refractivity contribution >= 4 is 35.3 Å². The molecule has 2 aromatic rings. The Hall–Kier alpha value is -3.46. The minimum absolute atomic E-state index is 0.00933. The third kappa shape index (κ3) is 5.79. The molecule has 0 aliphatic heterocycles. The Labute approximate surface area is 159 Å². The third-order valence-corrected chi connectivity index (χ3v) is 3.55. The largest absolute Gasteiger partial charge is 0.488 e. The first-order valence-electron chi connectivity index (χ1n) is 7.61. The number of hydrogen-bond acceptors (Lipinski definition) is 6. The number of nitrogens with one attached hydrogen (secondary N) is 2. The average Bonchev–Trinajstić information content (AvgIpc) is 2.66. The van der Waals surface area contributed by atoms with Crippen LogP contribution >= 0.6 is 11.6 Å². The second kappa shape index (κ2) is 9.30. The Morgan fingerprint density at radius 1 is 1.22 bits per heavy atom. The van der Waals surface area contributed by atoms with Crippen molar-refractivity contribution in [2.24, 2.45) is 5.10 Å². The van der Waals surface area contributed by atoms with E-state index in [-0.39, 0.29) is 12.3 Å². The van der Waals surface area contributed by atoms with Gasteiger partial charge in [0.2, 0.25) is 0 Å². The molecule has 2 aromatic carbocycles. The summed E-state index contributed by atoms with van der Waals surface area (Å²) in [5.74, 6) is -1.31. The molecule has 0 bridgehead atoms. The monoisotopic (exact) mass is 390 g/mol. The molecule has 0 saturated heterocycles. The Balaban J connectivity index is 2.07. The molecule has 0 unspecified atom stereocenters. The van der Waals surface area contributed by atoms with Gasteiger partial charge >= 0.3 is 11.8 Å². The highest BCUT2D eigenvalue weighted by molar-refractivity contribution is 6.35. The molecule has 2 rings (SSSR count). The van der Waals surface area contributed by atoms with Crippen LogP contribution in [0.25, 0.3) is 0 Å². The van der Waals surface area contributed by atoms with Crippen molar-refractivity contribution in [1.29, 1.82) is 0 Å². The number of nitrogens with zero attached hydrogens (tertiary/aromatic N) is 2. The molecule has 0 aromatic heterocycles. The molecule has 140 valence electrons. The molecule has 2 amide bonds. The van der Waals surface area contributed by atoms with Crippen LogP contribution in [0.15, 0.2) is 47.6 Å². The summed E-state index contributed by atoms with van der Waals surface area (Å²) in [6, 6.07) is 10.8. The SMILES string of the molecule is CNC(=O)C(=O)N/N=C\c1cc(Cl)ccc1OCc1ccc([N+](=O)[O-])cc1. The Bertz CT molecular complexity index is 883. The van der Waals surface area contributed by atoms with Gasteiger partial charge in [0.1, 0.15) is 12.4 Å². The summed E-state index contributed by atoms with van der Waals surface area (Å²) in [6.45, 7) is 0.158. The lowest BCUT2D eigenvalue weighted by atomic mass is 10.2. The molecule has 0 fully saturated rings. The predicted octanol–water partition coefficient (Wildman–Crippen LogP) is 2.02. The molecule has 27 heavy (non-hydrogen) atoms. The fourth-order valence-corrected chi connectivity index (χ4v) is 2.13. The number of carbonyl (C=O) groups excluding carboxylic acids is 2. The molecule has 0 atom stereocenters. The topological polar surface area (TPSA) is 123 Å². The summed E-state index contributed by atoms with van der Waals surface area (Å²) in [4.78, 5) is 32.7. The van der Waals surface area contributed by atoms with E-state index in [1.54, 1.807) is 30.3 Å². The first kappa shape index (κ1) is 19.9. The van der Waals surface area contributed by atoms with Crippen LogP contribution < -0.4 is 15.5 Å². The fraction of sp³-hybridized carbons (Fsp3) is 0.118. The molecule has 2 N–H and O–H groups in total. The molecule has 0 radical (unpaired) electrons. The number of non-ortho nitro benzene ring substituents is 1.